The fraction of sp³-hybridized carbons (Fsp3) is 0.0137. The zero-order valence-electron chi connectivity index (χ0n) is 42.1. The van der Waals surface area contributed by atoms with Crippen LogP contribution in [0.5, 0.6) is 0 Å². The van der Waals surface area contributed by atoms with E-state index in [-0.39, 0.29) is 0 Å². The molecule has 0 unspecified atom stereocenters. The van der Waals surface area contributed by atoms with Crippen molar-refractivity contribution in [2.24, 2.45) is 0 Å². The number of benzene rings is 12. The third kappa shape index (κ3) is 6.34. The summed E-state index contributed by atoms with van der Waals surface area (Å²) in [4.78, 5) is 0. The van der Waals surface area contributed by atoms with E-state index in [9.17, 15) is 0 Å². The molecule has 0 atom stereocenters. The first-order chi connectivity index (χ1) is 38.7. The summed E-state index contributed by atoms with van der Waals surface area (Å²) in [6.07, 6.45) is 1.03. The molecular weight excluding hydrogens is 969 g/mol. The average Bonchev–Trinajstić information content (AvgIpc) is 4.53. The van der Waals surface area contributed by atoms with Gasteiger partial charge in [0.15, 0.2) is 0 Å². The van der Waals surface area contributed by atoms with Gasteiger partial charge in [-0.05, 0) is 118 Å². The van der Waals surface area contributed by atoms with Crippen molar-refractivity contribution in [3.8, 4) is 44.8 Å². The summed E-state index contributed by atoms with van der Waals surface area (Å²) in [5.41, 5.74) is 21.3. The SMILES string of the molecule is c1ccc(-c2ccc(-n3c4ccccc4c4c5oc6c(ccc7oc8ccccc8c76)c5ccc43)cc2)cc1.c1ccc(-c2ccc(-n3c4ccccc4c4c5sc6c7c(ccc6c5ccc43)Cc3ccccc3-7)cc2)cc1. The lowest BCUT2D eigenvalue weighted by molar-refractivity contribution is 0.664. The molecule has 0 N–H and O–H groups in total. The first-order valence-electron chi connectivity index (χ1n) is 26.7. The highest BCUT2D eigenvalue weighted by atomic mass is 32.1. The monoisotopic (exact) mass is 1010 g/mol. The fourth-order valence-corrected chi connectivity index (χ4v) is 14.4. The van der Waals surface area contributed by atoms with E-state index >= 15 is 0 Å². The quantitative estimate of drug-likeness (QED) is 0.176. The minimum Gasteiger partial charge on any atom is -0.456 e. The van der Waals surface area contributed by atoms with Gasteiger partial charge in [0.1, 0.15) is 22.3 Å². The van der Waals surface area contributed by atoms with Crippen LogP contribution in [-0.4, -0.2) is 9.13 Å². The van der Waals surface area contributed by atoms with Crippen molar-refractivity contribution in [3.63, 3.8) is 0 Å². The second-order valence-corrected chi connectivity index (χ2v) is 21.7. The standard InChI is InChI=1S/C37H23NS.C36H21NO2/c1-2-8-23(9-3-1)24-14-17-27(18-15-24)38-32-13-7-6-12-31(32)35-33(38)21-20-30-29-19-16-26-22-25-10-4-5-11-28(25)34(26)36(29)39-37(30)35;1-2-8-22(9-3-1)23-14-16-24(17-15-23)37-29-12-6-4-10-27(29)33-30(37)20-18-25-26-19-21-32-34(36(26)39-35(25)33)28-11-5-7-13-31(28)38-32/h1-21H,22H2;1-21H. The van der Waals surface area contributed by atoms with Crippen LogP contribution in [-0.2, 0) is 6.42 Å². The molecule has 5 heteroatoms. The lowest BCUT2D eigenvalue weighted by Crippen LogP contribution is -1.93. The summed E-state index contributed by atoms with van der Waals surface area (Å²) in [7, 11) is 0. The van der Waals surface area contributed by atoms with Gasteiger partial charge < -0.3 is 18.0 Å². The second kappa shape index (κ2) is 16.8. The number of rotatable bonds is 4. The van der Waals surface area contributed by atoms with Gasteiger partial charge in [0.25, 0.3) is 0 Å². The largest absolute Gasteiger partial charge is 0.456 e. The summed E-state index contributed by atoms with van der Waals surface area (Å²) in [5.74, 6) is 0. The predicted octanol–water partition coefficient (Wildman–Crippen LogP) is 20.6. The zero-order valence-corrected chi connectivity index (χ0v) is 42.9. The van der Waals surface area contributed by atoms with E-state index in [1.165, 1.54) is 97.6 Å². The first kappa shape index (κ1) is 43.3. The molecule has 18 rings (SSSR count). The lowest BCUT2D eigenvalue weighted by Gasteiger charge is -2.09. The van der Waals surface area contributed by atoms with Crippen LogP contribution in [0.4, 0.5) is 0 Å². The molecule has 0 fully saturated rings. The highest BCUT2D eigenvalue weighted by molar-refractivity contribution is 7.27. The van der Waals surface area contributed by atoms with Crippen molar-refractivity contribution in [2.45, 2.75) is 6.42 Å². The Hall–Kier alpha value is -9.94. The van der Waals surface area contributed by atoms with Gasteiger partial charge in [-0.1, -0.05) is 182 Å². The molecule has 17 aromatic rings. The summed E-state index contributed by atoms with van der Waals surface area (Å²) >= 11 is 1.97. The van der Waals surface area contributed by atoms with Gasteiger partial charge in [-0.25, -0.2) is 0 Å². The topological polar surface area (TPSA) is 36.1 Å². The Labute approximate surface area is 451 Å². The van der Waals surface area contributed by atoms with Crippen LogP contribution < -0.4 is 0 Å². The maximum Gasteiger partial charge on any atom is 0.147 e. The molecule has 0 saturated carbocycles. The van der Waals surface area contributed by atoms with Crippen LogP contribution in [0.1, 0.15) is 11.1 Å². The number of para-hydroxylation sites is 3. The Morgan fingerprint density at radius 1 is 0.295 bits per heavy atom. The Morgan fingerprint density at radius 2 is 0.795 bits per heavy atom. The minimum absolute atomic E-state index is 0.847. The lowest BCUT2D eigenvalue weighted by atomic mass is 10.0. The Morgan fingerprint density at radius 3 is 1.47 bits per heavy atom. The number of hydrogen-bond acceptors (Lipinski definition) is 3. The second-order valence-electron chi connectivity index (χ2n) is 20.6. The number of thiophene rings is 1. The average molecular weight is 1010 g/mol. The molecule has 5 aromatic heterocycles. The number of fused-ring (bicyclic) bond motifs is 22. The van der Waals surface area contributed by atoms with Gasteiger partial charge in [-0.3, -0.25) is 0 Å². The highest BCUT2D eigenvalue weighted by Gasteiger charge is 2.25. The fourth-order valence-electron chi connectivity index (χ4n) is 12.9. The molecule has 0 aliphatic heterocycles. The van der Waals surface area contributed by atoms with E-state index in [1.807, 2.05) is 29.5 Å². The molecule has 0 spiro atoms. The number of aromatic nitrogens is 2. The molecule has 0 bridgehead atoms. The van der Waals surface area contributed by atoms with Gasteiger partial charge >= 0.3 is 0 Å². The van der Waals surface area contributed by atoms with Crippen molar-refractivity contribution in [1.29, 1.82) is 0 Å². The Balaban J connectivity index is 0.000000126. The number of nitrogens with zero attached hydrogens (tertiary/aromatic N) is 2. The van der Waals surface area contributed by atoms with Crippen LogP contribution in [0.2, 0.25) is 0 Å². The Bertz CT molecular complexity index is 5270. The summed E-state index contributed by atoms with van der Waals surface area (Å²) in [6, 6.07) is 91.5. The van der Waals surface area contributed by atoms with Crippen molar-refractivity contribution in [3.05, 3.63) is 266 Å². The van der Waals surface area contributed by atoms with E-state index in [0.717, 1.165) is 72.4 Å². The molecule has 4 nitrogen and oxygen atoms in total. The smallest absolute Gasteiger partial charge is 0.147 e. The summed E-state index contributed by atoms with van der Waals surface area (Å²) < 4.78 is 20.5. The van der Waals surface area contributed by atoms with Gasteiger partial charge in [0.05, 0.1) is 32.8 Å². The van der Waals surface area contributed by atoms with E-state index in [1.54, 1.807) is 0 Å². The van der Waals surface area contributed by atoms with Crippen molar-refractivity contribution >= 4 is 119 Å². The molecule has 364 valence electrons. The number of hydrogen-bond donors (Lipinski definition) is 0. The molecule has 78 heavy (non-hydrogen) atoms. The molecule has 1 aliphatic carbocycles. The van der Waals surface area contributed by atoms with E-state index in [0.29, 0.717) is 0 Å². The summed E-state index contributed by atoms with van der Waals surface area (Å²) in [5, 5.41) is 12.0. The van der Waals surface area contributed by atoms with Gasteiger partial charge in [-0.15, -0.1) is 11.3 Å². The maximum atomic E-state index is 6.81. The molecule has 0 saturated heterocycles. The molecular formula is C73H44N2O2S. The molecule has 12 aromatic carbocycles. The first-order valence-corrected chi connectivity index (χ1v) is 27.5. The Kier molecular flexibility index (Phi) is 9.32. The number of furan rings is 2. The minimum atomic E-state index is 0.847. The van der Waals surface area contributed by atoms with Crippen molar-refractivity contribution in [1.82, 2.24) is 9.13 Å². The van der Waals surface area contributed by atoms with Crippen LogP contribution in [0.3, 0.4) is 0 Å². The molecule has 1 aliphatic rings. The van der Waals surface area contributed by atoms with E-state index < -0.39 is 0 Å². The van der Waals surface area contributed by atoms with Crippen molar-refractivity contribution in [2.75, 3.05) is 0 Å². The van der Waals surface area contributed by atoms with Crippen molar-refractivity contribution < 1.29 is 8.83 Å². The molecule has 0 amide bonds. The van der Waals surface area contributed by atoms with Gasteiger partial charge in [0.2, 0.25) is 0 Å². The van der Waals surface area contributed by atoms with Gasteiger partial charge in [0, 0.05) is 69.4 Å². The maximum absolute atomic E-state index is 6.81. The normalized spacial score (nSPS) is 12.3. The molecule has 0 radical (unpaired) electrons. The van der Waals surface area contributed by atoms with Crippen LogP contribution in [0.25, 0.3) is 152 Å². The van der Waals surface area contributed by atoms with Crippen LogP contribution >= 0.6 is 11.3 Å². The van der Waals surface area contributed by atoms with Crippen LogP contribution in [0, 0.1) is 0 Å². The van der Waals surface area contributed by atoms with E-state index in [4.69, 9.17) is 8.83 Å². The van der Waals surface area contributed by atoms with E-state index in [2.05, 4.69) is 246 Å². The third-order valence-electron chi connectivity index (χ3n) is 16.4. The highest BCUT2D eigenvalue weighted by Crippen LogP contribution is 2.50. The summed E-state index contributed by atoms with van der Waals surface area (Å²) in [6.45, 7) is 0. The molecule has 5 heterocycles. The van der Waals surface area contributed by atoms with Gasteiger partial charge in [-0.2, -0.15) is 0 Å². The van der Waals surface area contributed by atoms with Crippen LogP contribution in [0.15, 0.2) is 264 Å². The predicted molar refractivity (Wildman–Crippen MR) is 328 cm³/mol. The third-order valence-corrected chi connectivity index (χ3v) is 17.7. The zero-order chi connectivity index (χ0) is 51.0.